The zero-order valence-electron chi connectivity index (χ0n) is 11.2. The van der Waals surface area contributed by atoms with Crippen LogP contribution < -0.4 is 11.1 Å². The van der Waals surface area contributed by atoms with E-state index < -0.39 is 11.9 Å². The summed E-state index contributed by atoms with van der Waals surface area (Å²) in [5.74, 6) is -0.262. The SMILES string of the molecule is CC1(C)O[C@@H]2[C@H](O1)[C@H](O)C[C@H]2Nc1ncnc(Cl)c1N. The Morgan fingerprint density at radius 1 is 1.40 bits per heavy atom. The minimum Gasteiger partial charge on any atom is -0.393 e. The van der Waals surface area contributed by atoms with Crippen LogP contribution in [-0.2, 0) is 9.47 Å². The van der Waals surface area contributed by atoms with Gasteiger partial charge in [-0.05, 0) is 20.3 Å². The molecule has 4 atom stereocenters. The number of aliphatic hydroxyl groups is 1. The molecule has 0 spiro atoms. The van der Waals surface area contributed by atoms with E-state index in [1.807, 2.05) is 13.8 Å². The molecule has 0 unspecified atom stereocenters. The molecular formula is C12H17ClN4O3. The maximum absolute atomic E-state index is 10.1. The van der Waals surface area contributed by atoms with Crippen molar-refractivity contribution in [3.8, 4) is 0 Å². The molecule has 1 aliphatic heterocycles. The Labute approximate surface area is 121 Å². The maximum atomic E-state index is 10.1. The smallest absolute Gasteiger partial charge is 0.163 e. The fourth-order valence-corrected chi connectivity index (χ4v) is 2.89. The van der Waals surface area contributed by atoms with E-state index in [1.54, 1.807) is 0 Å². The van der Waals surface area contributed by atoms with Crippen molar-refractivity contribution in [3.05, 3.63) is 11.5 Å². The molecule has 2 fully saturated rings. The second kappa shape index (κ2) is 4.70. The third-order valence-corrected chi connectivity index (χ3v) is 3.89. The van der Waals surface area contributed by atoms with E-state index in [0.717, 1.165) is 0 Å². The molecule has 0 bridgehead atoms. The minimum atomic E-state index is -0.703. The summed E-state index contributed by atoms with van der Waals surface area (Å²) >= 11 is 5.86. The van der Waals surface area contributed by atoms with Crippen molar-refractivity contribution < 1.29 is 14.6 Å². The van der Waals surface area contributed by atoms with Crippen molar-refractivity contribution in [1.29, 1.82) is 0 Å². The molecule has 0 radical (unpaired) electrons. The molecule has 2 aliphatic rings. The van der Waals surface area contributed by atoms with Crippen LogP contribution in [0.1, 0.15) is 20.3 Å². The summed E-state index contributed by atoms with van der Waals surface area (Å²) in [5.41, 5.74) is 6.11. The molecular weight excluding hydrogens is 284 g/mol. The van der Waals surface area contributed by atoms with Crippen LogP contribution in [0.3, 0.4) is 0 Å². The van der Waals surface area contributed by atoms with Crippen molar-refractivity contribution in [1.82, 2.24) is 9.97 Å². The molecule has 8 heteroatoms. The summed E-state index contributed by atoms with van der Waals surface area (Å²) in [7, 11) is 0. The van der Waals surface area contributed by atoms with Gasteiger partial charge in [0.15, 0.2) is 16.8 Å². The Kier molecular flexibility index (Phi) is 3.24. The lowest BCUT2D eigenvalue weighted by Gasteiger charge is -2.23. The number of hydrogen-bond donors (Lipinski definition) is 3. The van der Waals surface area contributed by atoms with E-state index in [4.69, 9.17) is 26.8 Å². The van der Waals surface area contributed by atoms with Gasteiger partial charge >= 0.3 is 0 Å². The molecule has 20 heavy (non-hydrogen) atoms. The number of nitrogen functional groups attached to an aromatic ring is 1. The first-order valence-electron chi connectivity index (χ1n) is 6.43. The zero-order valence-corrected chi connectivity index (χ0v) is 12.0. The van der Waals surface area contributed by atoms with E-state index in [1.165, 1.54) is 6.33 Å². The van der Waals surface area contributed by atoms with E-state index in [9.17, 15) is 5.11 Å². The number of halogens is 1. The highest BCUT2D eigenvalue weighted by atomic mass is 35.5. The Balaban J connectivity index is 1.80. The first-order chi connectivity index (χ1) is 9.37. The molecule has 1 saturated heterocycles. The predicted octanol–water partition coefficient (Wildman–Crippen LogP) is 0.777. The fourth-order valence-electron chi connectivity index (χ4n) is 2.76. The largest absolute Gasteiger partial charge is 0.393 e. The first kappa shape index (κ1) is 13.8. The van der Waals surface area contributed by atoms with E-state index in [0.29, 0.717) is 12.2 Å². The summed E-state index contributed by atoms with van der Waals surface area (Å²) in [6.07, 6.45) is 0.638. The number of hydrogen-bond acceptors (Lipinski definition) is 7. The summed E-state index contributed by atoms with van der Waals surface area (Å²) in [6.45, 7) is 3.65. The van der Waals surface area contributed by atoms with Gasteiger partial charge in [0.1, 0.15) is 24.2 Å². The number of aromatic nitrogens is 2. The molecule has 110 valence electrons. The van der Waals surface area contributed by atoms with Crippen molar-refractivity contribution in [2.45, 2.75) is 50.4 Å². The van der Waals surface area contributed by atoms with Crippen LogP contribution in [0.2, 0.25) is 5.15 Å². The lowest BCUT2D eigenvalue weighted by molar-refractivity contribution is -0.162. The molecule has 3 rings (SSSR count). The Morgan fingerprint density at radius 2 is 2.10 bits per heavy atom. The van der Waals surface area contributed by atoms with Gasteiger partial charge in [-0.1, -0.05) is 11.6 Å². The highest BCUT2D eigenvalue weighted by molar-refractivity contribution is 6.32. The van der Waals surface area contributed by atoms with Gasteiger partial charge in [-0.15, -0.1) is 0 Å². The Morgan fingerprint density at radius 3 is 2.85 bits per heavy atom. The van der Waals surface area contributed by atoms with E-state index >= 15 is 0 Å². The number of ether oxygens (including phenoxy) is 2. The third-order valence-electron chi connectivity index (χ3n) is 3.59. The molecule has 0 aromatic carbocycles. The lowest BCUT2D eigenvalue weighted by Crippen LogP contribution is -2.35. The number of aliphatic hydroxyl groups excluding tert-OH is 1. The highest BCUT2D eigenvalue weighted by Crippen LogP contribution is 2.40. The standard InChI is InChI=1S/C12H17ClN4O3/c1-12(2)19-8-5(3-6(18)9(8)20-12)17-11-7(14)10(13)15-4-16-11/h4-6,8-9,18H,3,14H2,1-2H3,(H,15,16,17)/t5-,6-,8+,9-/m1/s1. The third kappa shape index (κ3) is 2.31. The normalized spacial score (nSPS) is 35.0. The summed E-state index contributed by atoms with van der Waals surface area (Å²) in [4.78, 5) is 7.87. The quantitative estimate of drug-likeness (QED) is 0.693. The lowest BCUT2D eigenvalue weighted by atomic mass is 10.2. The van der Waals surface area contributed by atoms with E-state index in [2.05, 4.69) is 15.3 Å². The molecule has 1 saturated carbocycles. The van der Waals surface area contributed by atoms with Gasteiger partial charge in [0.05, 0.1) is 12.1 Å². The summed E-state index contributed by atoms with van der Waals surface area (Å²) in [5, 5.41) is 13.4. The summed E-state index contributed by atoms with van der Waals surface area (Å²) < 4.78 is 11.5. The molecule has 1 aliphatic carbocycles. The predicted molar refractivity (Wildman–Crippen MR) is 73.3 cm³/mol. The number of nitrogens with one attached hydrogen (secondary N) is 1. The van der Waals surface area contributed by atoms with Crippen LogP contribution in [0.15, 0.2) is 6.33 Å². The fraction of sp³-hybridized carbons (Fsp3) is 0.667. The summed E-state index contributed by atoms with van der Waals surface area (Å²) in [6, 6.07) is -0.148. The molecule has 1 aromatic heterocycles. The average Bonchev–Trinajstić information content (AvgIpc) is 2.82. The van der Waals surface area contributed by atoms with Crippen LogP contribution in [0.25, 0.3) is 0 Å². The average molecular weight is 301 g/mol. The molecule has 7 nitrogen and oxygen atoms in total. The Hall–Kier alpha value is -1.15. The van der Waals surface area contributed by atoms with Gasteiger partial charge in [-0.25, -0.2) is 9.97 Å². The number of nitrogens with two attached hydrogens (primary N) is 1. The molecule has 2 heterocycles. The van der Waals surface area contributed by atoms with Gasteiger partial charge in [0.2, 0.25) is 0 Å². The monoisotopic (exact) mass is 300 g/mol. The minimum absolute atomic E-state index is 0.148. The van der Waals surface area contributed by atoms with Crippen LogP contribution in [0.4, 0.5) is 11.5 Å². The molecule has 4 N–H and O–H groups in total. The van der Waals surface area contributed by atoms with Gasteiger partial charge in [0.25, 0.3) is 0 Å². The zero-order chi connectivity index (χ0) is 14.5. The molecule has 1 aromatic rings. The topological polar surface area (TPSA) is 103 Å². The van der Waals surface area contributed by atoms with E-state index in [-0.39, 0.29) is 29.1 Å². The number of nitrogens with zero attached hydrogens (tertiary/aromatic N) is 2. The van der Waals surface area contributed by atoms with Crippen LogP contribution in [-0.4, -0.2) is 45.2 Å². The van der Waals surface area contributed by atoms with Crippen molar-refractivity contribution >= 4 is 23.1 Å². The van der Waals surface area contributed by atoms with Crippen LogP contribution in [0.5, 0.6) is 0 Å². The second-order valence-electron chi connectivity index (χ2n) is 5.55. The van der Waals surface area contributed by atoms with Gasteiger partial charge in [0, 0.05) is 0 Å². The van der Waals surface area contributed by atoms with Gasteiger partial charge < -0.3 is 25.6 Å². The van der Waals surface area contributed by atoms with Crippen molar-refractivity contribution in [2.75, 3.05) is 11.1 Å². The van der Waals surface area contributed by atoms with Gasteiger partial charge in [-0.3, -0.25) is 0 Å². The van der Waals surface area contributed by atoms with Gasteiger partial charge in [-0.2, -0.15) is 0 Å². The first-order valence-corrected chi connectivity index (χ1v) is 6.81. The number of anilines is 2. The van der Waals surface area contributed by atoms with Crippen LogP contribution >= 0.6 is 11.6 Å². The second-order valence-corrected chi connectivity index (χ2v) is 5.90. The molecule has 0 amide bonds. The maximum Gasteiger partial charge on any atom is 0.163 e. The Bertz CT molecular complexity index is 527. The van der Waals surface area contributed by atoms with Crippen molar-refractivity contribution in [2.24, 2.45) is 0 Å². The van der Waals surface area contributed by atoms with Crippen molar-refractivity contribution in [3.63, 3.8) is 0 Å². The van der Waals surface area contributed by atoms with Crippen LogP contribution in [0, 0.1) is 0 Å². The number of rotatable bonds is 2. The highest BCUT2D eigenvalue weighted by Gasteiger charge is 2.53. The number of fused-ring (bicyclic) bond motifs is 1.